The van der Waals surface area contributed by atoms with Crippen molar-refractivity contribution in [1.82, 2.24) is 14.7 Å². The number of aromatic nitrogens is 2. The van der Waals surface area contributed by atoms with Gasteiger partial charge in [-0.05, 0) is 37.1 Å². The van der Waals surface area contributed by atoms with Gasteiger partial charge in [0.1, 0.15) is 23.4 Å². The molecule has 7 nitrogen and oxygen atoms in total. The number of hydrogen-bond donors (Lipinski definition) is 2. The number of fused-ring (bicyclic) bond motifs is 5. The summed E-state index contributed by atoms with van der Waals surface area (Å²) < 4.78 is 21.8. The third-order valence-electron chi connectivity index (χ3n) is 5.67. The summed E-state index contributed by atoms with van der Waals surface area (Å²) in [5.41, 5.74) is 1.48. The van der Waals surface area contributed by atoms with Crippen molar-refractivity contribution in [3.8, 4) is 5.75 Å². The molecule has 3 atom stereocenters. The van der Waals surface area contributed by atoms with E-state index >= 15 is 0 Å². The molecule has 2 bridgehead atoms. The highest BCUT2D eigenvalue weighted by atomic mass is 19.1. The first-order valence-corrected chi connectivity index (χ1v) is 9.61. The van der Waals surface area contributed by atoms with Crippen LogP contribution in [0.15, 0.2) is 30.5 Å². The van der Waals surface area contributed by atoms with Crippen LogP contribution >= 0.6 is 0 Å². The number of anilines is 2. The maximum Gasteiger partial charge on any atom is 0.230 e. The summed E-state index contributed by atoms with van der Waals surface area (Å²) in [5.74, 6) is 0.590. The highest BCUT2D eigenvalue weighted by Crippen LogP contribution is 2.40. The van der Waals surface area contributed by atoms with Crippen molar-refractivity contribution in [2.45, 2.75) is 32.0 Å². The van der Waals surface area contributed by atoms with Gasteiger partial charge in [0.25, 0.3) is 0 Å². The molecule has 2 aromatic rings. The fraction of sp³-hybridized carbons (Fsp3) is 0.400. The standard InChI is InChI=1S/C20H22FN5O2/c1-12-11-28-17-5-4-13(21)9-14(17)16-3-2-7-25(16)18-6-8-26-19(24-18)15(10-22-26)23-20(12)27/h4-6,8-10,12,16,18,24H,2-3,7,11H2,1H3,(H,23,27). The van der Waals surface area contributed by atoms with Crippen LogP contribution in [-0.2, 0) is 4.79 Å². The predicted octanol–water partition coefficient (Wildman–Crippen LogP) is 3.05. The molecule has 8 heteroatoms. The van der Waals surface area contributed by atoms with Crippen molar-refractivity contribution in [2.75, 3.05) is 23.8 Å². The molecule has 1 aromatic heterocycles. The molecule has 0 saturated carbocycles. The first-order chi connectivity index (χ1) is 13.6. The fourth-order valence-corrected chi connectivity index (χ4v) is 4.17. The maximum atomic E-state index is 14.1. The number of nitrogens with zero attached hydrogens (tertiary/aromatic N) is 3. The van der Waals surface area contributed by atoms with Crippen molar-refractivity contribution in [3.63, 3.8) is 0 Å². The molecule has 3 aliphatic heterocycles. The van der Waals surface area contributed by atoms with Gasteiger partial charge in [-0.15, -0.1) is 0 Å². The Hall–Kier alpha value is -2.87. The summed E-state index contributed by atoms with van der Waals surface area (Å²) >= 11 is 0. The van der Waals surface area contributed by atoms with Crippen LogP contribution in [0.1, 0.15) is 31.4 Å². The van der Waals surface area contributed by atoms with Crippen molar-refractivity contribution >= 4 is 23.6 Å². The summed E-state index contributed by atoms with van der Waals surface area (Å²) in [7, 11) is 0. The van der Waals surface area contributed by atoms with Crippen LogP contribution in [0.5, 0.6) is 5.75 Å². The smallest absolute Gasteiger partial charge is 0.230 e. The average Bonchev–Trinajstić information content (AvgIpc) is 3.33. The number of carbonyl (C=O) groups is 1. The number of hydrogen-bond acceptors (Lipinski definition) is 5. The largest absolute Gasteiger partial charge is 0.492 e. The van der Waals surface area contributed by atoms with Gasteiger partial charge in [0.15, 0.2) is 5.82 Å². The first kappa shape index (κ1) is 17.2. The van der Waals surface area contributed by atoms with E-state index in [0.717, 1.165) is 30.8 Å². The highest BCUT2D eigenvalue weighted by Gasteiger charge is 2.35. The van der Waals surface area contributed by atoms with Gasteiger partial charge in [-0.3, -0.25) is 9.69 Å². The summed E-state index contributed by atoms with van der Waals surface area (Å²) in [6.07, 6.45) is 7.43. The lowest BCUT2D eigenvalue weighted by molar-refractivity contribution is -0.120. The number of nitrogens with one attached hydrogen (secondary N) is 2. The third kappa shape index (κ3) is 2.84. The van der Waals surface area contributed by atoms with Crippen molar-refractivity contribution < 1.29 is 13.9 Å². The van der Waals surface area contributed by atoms with E-state index < -0.39 is 0 Å². The van der Waals surface area contributed by atoms with Crippen LogP contribution in [0.25, 0.3) is 6.20 Å². The van der Waals surface area contributed by atoms with Gasteiger partial charge in [0.2, 0.25) is 5.91 Å². The Balaban J connectivity index is 1.60. The molecule has 3 unspecified atom stereocenters. The van der Waals surface area contributed by atoms with Crippen molar-refractivity contribution in [3.05, 3.63) is 41.9 Å². The SMILES string of the molecule is CC1COc2ccc(F)cc2C2CCCN2C2C=Cn3ncc(c3N2)NC1=O. The Morgan fingerprint density at radius 3 is 3.14 bits per heavy atom. The lowest BCUT2D eigenvalue weighted by Crippen LogP contribution is -2.41. The topological polar surface area (TPSA) is 71.4 Å². The Morgan fingerprint density at radius 2 is 2.25 bits per heavy atom. The monoisotopic (exact) mass is 383 g/mol. The summed E-state index contributed by atoms with van der Waals surface area (Å²) in [6, 6.07) is 4.67. The van der Waals surface area contributed by atoms with E-state index in [4.69, 9.17) is 4.74 Å². The quantitative estimate of drug-likeness (QED) is 0.732. The van der Waals surface area contributed by atoms with Crippen LogP contribution in [0, 0.1) is 11.7 Å². The van der Waals surface area contributed by atoms with Crippen molar-refractivity contribution in [2.24, 2.45) is 5.92 Å². The van der Waals surface area contributed by atoms with E-state index in [1.807, 2.05) is 19.2 Å². The molecule has 0 aliphatic carbocycles. The second kappa shape index (κ2) is 6.63. The van der Waals surface area contributed by atoms with Crippen molar-refractivity contribution in [1.29, 1.82) is 0 Å². The number of ether oxygens (including phenoxy) is 1. The molecule has 1 saturated heterocycles. The molecular formula is C20H22FN5O2. The van der Waals surface area contributed by atoms with Gasteiger partial charge in [0.05, 0.1) is 18.7 Å². The van der Waals surface area contributed by atoms with Gasteiger partial charge in [-0.1, -0.05) is 6.92 Å². The van der Waals surface area contributed by atoms with E-state index in [1.165, 1.54) is 6.07 Å². The molecular weight excluding hydrogens is 361 g/mol. The summed E-state index contributed by atoms with van der Waals surface area (Å²) in [4.78, 5) is 14.9. The number of carbonyl (C=O) groups excluding carboxylic acids is 1. The van der Waals surface area contributed by atoms with E-state index in [0.29, 0.717) is 11.4 Å². The lowest BCUT2D eigenvalue weighted by Gasteiger charge is -2.34. The molecule has 1 fully saturated rings. The highest BCUT2D eigenvalue weighted by molar-refractivity contribution is 5.95. The van der Waals surface area contributed by atoms with Crippen LogP contribution in [0.3, 0.4) is 0 Å². The fourth-order valence-electron chi connectivity index (χ4n) is 4.17. The first-order valence-electron chi connectivity index (χ1n) is 9.61. The number of amides is 1. The zero-order valence-electron chi connectivity index (χ0n) is 15.6. The van der Waals surface area contributed by atoms with Crippen LogP contribution in [0.2, 0.25) is 0 Å². The Morgan fingerprint density at radius 1 is 1.36 bits per heavy atom. The molecule has 0 radical (unpaired) electrons. The molecule has 1 aromatic carbocycles. The molecule has 3 aliphatic rings. The molecule has 4 heterocycles. The molecule has 146 valence electrons. The zero-order chi connectivity index (χ0) is 19.3. The Bertz CT molecular complexity index is 956. The van der Waals surface area contributed by atoms with E-state index in [1.54, 1.807) is 23.0 Å². The summed E-state index contributed by atoms with van der Waals surface area (Å²) in [5, 5.41) is 10.7. The molecule has 1 amide bonds. The van der Waals surface area contributed by atoms with Crippen LogP contribution in [0.4, 0.5) is 15.9 Å². The maximum absolute atomic E-state index is 14.1. The Kier molecular flexibility index (Phi) is 4.08. The van der Waals surface area contributed by atoms with Gasteiger partial charge in [0, 0.05) is 24.4 Å². The molecule has 5 rings (SSSR count). The van der Waals surface area contributed by atoms with Crippen LogP contribution in [-0.4, -0.2) is 39.9 Å². The van der Waals surface area contributed by atoms with Gasteiger partial charge in [-0.25, -0.2) is 9.07 Å². The zero-order valence-corrected chi connectivity index (χ0v) is 15.6. The van der Waals surface area contributed by atoms with Gasteiger partial charge >= 0.3 is 0 Å². The normalized spacial score (nSPS) is 26.6. The minimum absolute atomic E-state index is 0.0329. The lowest BCUT2D eigenvalue weighted by atomic mass is 10.0. The molecule has 28 heavy (non-hydrogen) atoms. The van der Waals surface area contributed by atoms with Gasteiger partial charge < -0.3 is 15.4 Å². The second-order valence-electron chi connectivity index (χ2n) is 7.56. The Labute approximate surface area is 162 Å². The van der Waals surface area contributed by atoms with E-state index in [-0.39, 0.29) is 36.5 Å². The second-order valence-corrected chi connectivity index (χ2v) is 7.56. The number of halogens is 1. The minimum atomic E-state index is -0.371. The summed E-state index contributed by atoms with van der Waals surface area (Å²) in [6.45, 7) is 2.91. The number of benzene rings is 1. The average molecular weight is 383 g/mol. The minimum Gasteiger partial charge on any atom is -0.492 e. The third-order valence-corrected chi connectivity index (χ3v) is 5.67. The predicted molar refractivity (Wildman–Crippen MR) is 103 cm³/mol. The molecule has 0 spiro atoms. The van der Waals surface area contributed by atoms with Gasteiger partial charge in [-0.2, -0.15) is 5.10 Å². The molecule has 2 N–H and O–H groups in total. The number of rotatable bonds is 0. The van der Waals surface area contributed by atoms with Crippen LogP contribution < -0.4 is 15.4 Å². The van der Waals surface area contributed by atoms with E-state index in [2.05, 4.69) is 20.6 Å². The van der Waals surface area contributed by atoms with E-state index in [9.17, 15) is 9.18 Å².